The fraction of sp³-hybridized carbons (Fsp3) is 0.353. The Hall–Kier alpha value is -2.28. The molecule has 0 saturated carbocycles. The molecule has 3 rings (SSSR count). The van der Waals surface area contributed by atoms with Crippen LogP contribution in [-0.2, 0) is 6.54 Å². The van der Waals surface area contributed by atoms with E-state index < -0.39 is 12.5 Å². The van der Waals surface area contributed by atoms with Gasteiger partial charge >= 0.3 is 0 Å². The summed E-state index contributed by atoms with van der Waals surface area (Å²) in [6.45, 7) is 3.00. The highest BCUT2D eigenvalue weighted by molar-refractivity contribution is 6.34. The maximum atomic E-state index is 13.3. The lowest BCUT2D eigenvalue weighted by Crippen LogP contribution is -2.24. The van der Waals surface area contributed by atoms with Crippen molar-refractivity contribution in [2.24, 2.45) is 0 Å². The van der Waals surface area contributed by atoms with E-state index in [0.717, 1.165) is 16.5 Å². The van der Waals surface area contributed by atoms with Crippen LogP contribution in [0.3, 0.4) is 0 Å². The van der Waals surface area contributed by atoms with E-state index in [9.17, 15) is 8.78 Å². The van der Waals surface area contributed by atoms with Crippen molar-refractivity contribution in [2.45, 2.75) is 32.7 Å². The molecule has 3 aromatic rings. The molecule has 0 aromatic carbocycles. The summed E-state index contributed by atoms with van der Waals surface area (Å²) < 4.78 is 33.5. The van der Waals surface area contributed by atoms with Gasteiger partial charge in [0.15, 0.2) is 6.61 Å². The van der Waals surface area contributed by atoms with E-state index in [1.165, 1.54) is 6.92 Å². The zero-order valence-electron chi connectivity index (χ0n) is 13.8. The highest BCUT2D eigenvalue weighted by Gasteiger charge is 2.27. The van der Waals surface area contributed by atoms with Crippen LogP contribution in [0.2, 0.25) is 5.15 Å². The molecule has 0 bridgehead atoms. The Morgan fingerprint density at radius 3 is 2.80 bits per heavy atom. The Bertz CT molecular complexity index is 897. The highest BCUT2D eigenvalue weighted by atomic mass is 35.5. The number of pyridine rings is 2. The van der Waals surface area contributed by atoms with Gasteiger partial charge in [0.25, 0.3) is 5.92 Å². The zero-order chi connectivity index (χ0) is 18.0. The second-order valence-electron chi connectivity index (χ2n) is 5.83. The highest BCUT2D eigenvalue weighted by Crippen LogP contribution is 2.23. The molecule has 0 unspecified atom stereocenters. The normalized spacial score (nSPS) is 11.9. The van der Waals surface area contributed by atoms with Crippen molar-refractivity contribution < 1.29 is 13.5 Å². The predicted octanol–water partition coefficient (Wildman–Crippen LogP) is 4.26. The van der Waals surface area contributed by atoms with Crippen molar-refractivity contribution in [3.63, 3.8) is 0 Å². The number of rotatable bonds is 6. The van der Waals surface area contributed by atoms with Crippen molar-refractivity contribution in [2.75, 3.05) is 6.61 Å². The third-order valence-electron chi connectivity index (χ3n) is 3.80. The van der Waals surface area contributed by atoms with E-state index in [2.05, 4.69) is 15.1 Å². The van der Waals surface area contributed by atoms with Gasteiger partial charge < -0.3 is 4.74 Å². The molecule has 3 aromatic heterocycles. The van der Waals surface area contributed by atoms with Crippen molar-refractivity contribution in [3.8, 4) is 5.88 Å². The first kappa shape index (κ1) is 17.5. The van der Waals surface area contributed by atoms with Gasteiger partial charge in [0.1, 0.15) is 5.15 Å². The number of aromatic nitrogens is 4. The van der Waals surface area contributed by atoms with Crippen LogP contribution in [0, 0.1) is 6.92 Å². The number of hydrogen-bond donors (Lipinski definition) is 0. The van der Waals surface area contributed by atoms with E-state index in [1.54, 1.807) is 30.1 Å². The quantitative estimate of drug-likeness (QED) is 0.612. The lowest BCUT2D eigenvalue weighted by molar-refractivity contribution is -0.0449. The van der Waals surface area contributed by atoms with Gasteiger partial charge in [-0.05, 0) is 24.6 Å². The van der Waals surface area contributed by atoms with Gasteiger partial charge in [0.05, 0.1) is 17.4 Å². The smallest absolute Gasteiger partial charge is 0.281 e. The summed E-state index contributed by atoms with van der Waals surface area (Å²) in [5, 5.41) is 5.61. The third-order valence-corrected chi connectivity index (χ3v) is 4.10. The van der Waals surface area contributed by atoms with E-state index in [1.807, 2.05) is 12.3 Å². The van der Waals surface area contributed by atoms with Gasteiger partial charge in [0.2, 0.25) is 5.88 Å². The molecule has 8 heteroatoms. The van der Waals surface area contributed by atoms with Crippen molar-refractivity contribution in [3.05, 3.63) is 47.0 Å². The van der Waals surface area contributed by atoms with Crippen LogP contribution >= 0.6 is 11.6 Å². The minimum absolute atomic E-state index is 0.217. The molecular weight excluding hydrogens is 350 g/mol. The number of hydrogen-bond acceptors (Lipinski definition) is 4. The fourth-order valence-corrected chi connectivity index (χ4v) is 2.57. The Morgan fingerprint density at radius 2 is 2.12 bits per heavy atom. The van der Waals surface area contributed by atoms with Gasteiger partial charge in [-0.2, -0.15) is 5.10 Å². The molecule has 0 amide bonds. The molecule has 0 aliphatic rings. The standard InChI is InChI=1S/C17H17ClF2N4O/c1-3-17(19,20)10-25-16-11(2)6-12(7-22-16)8-24-9-13-14(23-24)4-5-21-15(13)18/h4-7,9H,3,8,10H2,1-2H3. The molecule has 25 heavy (non-hydrogen) atoms. The summed E-state index contributed by atoms with van der Waals surface area (Å²) in [5.74, 6) is -2.63. The Labute approximate surface area is 148 Å². The monoisotopic (exact) mass is 366 g/mol. The number of ether oxygens (including phenoxy) is 1. The minimum Gasteiger partial charge on any atom is -0.471 e. The molecule has 0 N–H and O–H groups in total. The van der Waals surface area contributed by atoms with E-state index in [4.69, 9.17) is 16.3 Å². The largest absolute Gasteiger partial charge is 0.471 e. The topological polar surface area (TPSA) is 52.8 Å². The number of aryl methyl sites for hydroxylation is 1. The molecule has 0 spiro atoms. The summed E-state index contributed by atoms with van der Waals surface area (Å²) in [4.78, 5) is 8.17. The van der Waals surface area contributed by atoms with Gasteiger partial charge in [-0.3, -0.25) is 4.68 Å². The van der Waals surface area contributed by atoms with E-state index in [0.29, 0.717) is 17.3 Å². The third kappa shape index (κ3) is 4.04. The van der Waals surface area contributed by atoms with Crippen LogP contribution in [0.25, 0.3) is 10.9 Å². The number of nitrogens with zero attached hydrogens (tertiary/aromatic N) is 4. The molecule has 5 nitrogen and oxygen atoms in total. The Kier molecular flexibility index (Phi) is 4.85. The van der Waals surface area contributed by atoms with Crippen LogP contribution < -0.4 is 4.74 Å². The van der Waals surface area contributed by atoms with Crippen molar-refractivity contribution >= 4 is 22.5 Å². The summed E-state index contributed by atoms with van der Waals surface area (Å²) in [5.41, 5.74) is 2.33. The summed E-state index contributed by atoms with van der Waals surface area (Å²) in [6, 6.07) is 3.63. The first-order valence-electron chi connectivity index (χ1n) is 7.82. The average Bonchev–Trinajstić information content (AvgIpc) is 2.98. The van der Waals surface area contributed by atoms with E-state index >= 15 is 0 Å². The summed E-state index contributed by atoms with van der Waals surface area (Å²) in [6.07, 6.45) is 4.74. The molecule has 0 fully saturated rings. The molecule has 3 heterocycles. The summed E-state index contributed by atoms with van der Waals surface area (Å²) in [7, 11) is 0. The van der Waals surface area contributed by atoms with Gasteiger partial charge in [-0.15, -0.1) is 0 Å². The van der Waals surface area contributed by atoms with Crippen LogP contribution in [-0.4, -0.2) is 32.3 Å². The van der Waals surface area contributed by atoms with Gasteiger partial charge in [-0.1, -0.05) is 18.5 Å². The second-order valence-corrected chi connectivity index (χ2v) is 6.18. The van der Waals surface area contributed by atoms with Crippen molar-refractivity contribution in [1.82, 2.24) is 19.7 Å². The van der Waals surface area contributed by atoms with E-state index in [-0.39, 0.29) is 12.3 Å². The first-order valence-corrected chi connectivity index (χ1v) is 8.19. The lowest BCUT2D eigenvalue weighted by Gasteiger charge is -2.15. The SMILES string of the molecule is CCC(F)(F)COc1ncc(Cn2cc3c(Cl)nccc3n2)cc1C. The fourth-order valence-electron chi connectivity index (χ4n) is 2.36. The second kappa shape index (κ2) is 6.92. The van der Waals surface area contributed by atoms with Gasteiger partial charge in [0, 0.05) is 30.6 Å². The molecule has 0 saturated heterocycles. The Morgan fingerprint density at radius 1 is 1.32 bits per heavy atom. The maximum absolute atomic E-state index is 13.3. The molecule has 0 aliphatic heterocycles. The zero-order valence-corrected chi connectivity index (χ0v) is 14.6. The maximum Gasteiger partial charge on any atom is 0.281 e. The molecule has 132 valence electrons. The predicted molar refractivity (Wildman–Crippen MR) is 91.3 cm³/mol. The van der Waals surface area contributed by atoms with Gasteiger partial charge in [-0.25, -0.2) is 18.7 Å². The van der Waals surface area contributed by atoms with Crippen LogP contribution in [0.4, 0.5) is 8.78 Å². The molecule has 0 atom stereocenters. The van der Waals surface area contributed by atoms with Crippen molar-refractivity contribution in [1.29, 1.82) is 0 Å². The average molecular weight is 367 g/mol. The van der Waals surface area contributed by atoms with Crippen LogP contribution in [0.5, 0.6) is 5.88 Å². The Balaban J connectivity index is 1.75. The molecular formula is C17H17ClF2N4O. The first-order chi connectivity index (χ1) is 11.9. The molecule has 0 aliphatic carbocycles. The molecule has 0 radical (unpaired) electrons. The lowest BCUT2D eigenvalue weighted by atomic mass is 10.2. The van der Waals surface area contributed by atoms with Crippen LogP contribution in [0.1, 0.15) is 24.5 Å². The summed E-state index contributed by atoms with van der Waals surface area (Å²) >= 11 is 6.05. The number of fused-ring (bicyclic) bond motifs is 1. The minimum atomic E-state index is -2.85. The number of halogens is 3. The van der Waals surface area contributed by atoms with Crippen LogP contribution in [0.15, 0.2) is 30.7 Å². The number of alkyl halides is 2.